The van der Waals surface area contributed by atoms with Crippen molar-refractivity contribution in [1.29, 1.82) is 0 Å². The number of hydrogen-bond donors (Lipinski definition) is 0. The van der Waals surface area contributed by atoms with Crippen LogP contribution in [0.3, 0.4) is 0 Å². The lowest BCUT2D eigenvalue weighted by atomic mass is 10.1. The molecule has 0 saturated carbocycles. The molecule has 0 amide bonds. The Morgan fingerprint density at radius 3 is 2.58 bits per heavy atom. The lowest BCUT2D eigenvalue weighted by molar-refractivity contribution is 0.167. The summed E-state index contributed by atoms with van der Waals surface area (Å²) in [5.74, 6) is 0. The van der Waals surface area contributed by atoms with Gasteiger partial charge < -0.3 is 8.85 Å². The molecule has 19 heavy (non-hydrogen) atoms. The zero-order valence-electron chi connectivity index (χ0n) is 12.4. The van der Waals surface area contributed by atoms with Crippen LogP contribution in [0.25, 0.3) is 6.08 Å². The summed E-state index contributed by atoms with van der Waals surface area (Å²) in [6, 6.07) is 10.4. The summed E-state index contributed by atoms with van der Waals surface area (Å²) in [6.07, 6.45) is 2.98. The second-order valence-electron chi connectivity index (χ2n) is 4.69. The van der Waals surface area contributed by atoms with Gasteiger partial charge in [-0.25, -0.2) is 0 Å². The van der Waals surface area contributed by atoms with Gasteiger partial charge in [0.05, 0.1) is 6.61 Å². The molecule has 1 atom stereocenters. The summed E-state index contributed by atoms with van der Waals surface area (Å²) in [4.78, 5) is 0. The van der Waals surface area contributed by atoms with E-state index in [-0.39, 0.29) is 0 Å². The molecule has 1 unspecified atom stereocenters. The smallest absolute Gasteiger partial charge is 0.338 e. The minimum Gasteiger partial charge on any atom is -0.394 e. The average molecular weight is 278 g/mol. The van der Waals surface area contributed by atoms with Crippen LogP contribution in [0.15, 0.2) is 30.8 Å². The molecule has 2 nitrogen and oxygen atoms in total. The van der Waals surface area contributed by atoms with E-state index >= 15 is 0 Å². The Kier molecular flexibility index (Phi) is 7.06. The zero-order chi connectivity index (χ0) is 14.1. The Balaban J connectivity index is 2.71. The lowest BCUT2D eigenvalue weighted by Crippen LogP contribution is -2.41. The molecular weight excluding hydrogens is 252 g/mol. The first-order valence-electron chi connectivity index (χ1n) is 7.19. The summed E-state index contributed by atoms with van der Waals surface area (Å²) >= 11 is 0. The maximum Gasteiger partial charge on any atom is 0.338 e. The predicted molar refractivity (Wildman–Crippen MR) is 84.3 cm³/mol. The van der Waals surface area contributed by atoms with Gasteiger partial charge >= 0.3 is 8.56 Å². The summed E-state index contributed by atoms with van der Waals surface area (Å²) in [5.41, 5.74) is 2.33. The van der Waals surface area contributed by atoms with Crippen molar-refractivity contribution in [2.45, 2.75) is 45.9 Å². The summed E-state index contributed by atoms with van der Waals surface area (Å²) < 4.78 is 12.2. The molecule has 0 heterocycles. The van der Waals surface area contributed by atoms with Crippen molar-refractivity contribution >= 4 is 14.6 Å². The fraction of sp³-hybridized carbons (Fsp3) is 0.500. The molecule has 1 aromatic rings. The Hall–Kier alpha value is -0.903. The van der Waals surface area contributed by atoms with Crippen LogP contribution in [0.1, 0.15) is 38.3 Å². The Bertz CT molecular complexity index is 384. The van der Waals surface area contributed by atoms with Crippen molar-refractivity contribution < 1.29 is 8.85 Å². The van der Waals surface area contributed by atoms with E-state index in [0.717, 1.165) is 30.7 Å². The van der Waals surface area contributed by atoms with E-state index in [1.54, 1.807) is 0 Å². The minimum atomic E-state index is -2.01. The van der Waals surface area contributed by atoms with E-state index in [1.165, 1.54) is 5.56 Å². The van der Waals surface area contributed by atoms with Crippen molar-refractivity contribution in [3.8, 4) is 0 Å². The summed E-state index contributed by atoms with van der Waals surface area (Å²) in [6.45, 7) is 11.6. The molecule has 0 aromatic heterocycles. The third-order valence-corrected chi connectivity index (χ3v) is 7.09. The Morgan fingerprint density at radius 1 is 1.21 bits per heavy atom. The molecule has 1 aromatic carbocycles. The highest BCUT2D eigenvalue weighted by atomic mass is 28.4. The first-order valence-corrected chi connectivity index (χ1v) is 9.42. The van der Waals surface area contributed by atoms with Crippen LogP contribution >= 0.6 is 0 Å². The highest BCUT2D eigenvalue weighted by Crippen LogP contribution is 2.22. The topological polar surface area (TPSA) is 18.5 Å². The van der Waals surface area contributed by atoms with Gasteiger partial charge in [0.15, 0.2) is 0 Å². The van der Waals surface area contributed by atoms with Crippen molar-refractivity contribution in [3.63, 3.8) is 0 Å². The molecule has 3 heteroatoms. The molecular formula is C16H26O2Si. The summed E-state index contributed by atoms with van der Waals surface area (Å²) in [7, 11) is -2.01. The van der Waals surface area contributed by atoms with Gasteiger partial charge in [-0.1, -0.05) is 51.1 Å². The quantitative estimate of drug-likeness (QED) is 0.607. The number of hydrogen-bond acceptors (Lipinski definition) is 2. The molecule has 0 aliphatic heterocycles. The lowest BCUT2D eigenvalue weighted by Gasteiger charge is -2.29. The predicted octanol–water partition coefficient (Wildman–Crippen LogP) is 4.75. The highest BCUT2D eigenvalue weighted by Gasteiger charge is 2.34. The molecule has 0 N–H and O–H groups in total. The maximum atomic E-state index is 6.23. The first-order chi connectivity index (χ1) is 9.19. The number of benzene rings is 1. The monoisotopic (exact) mass is 278 g/mol. The van der Waals surface area contributed by atoms with Gasteiger partial charge in [-0.15, -0.1) is 0 Å². The Labute approximate surface area is 118 Å². The molecule has 0 spiro atoms. The third kappa shape index (κ3) is 4.94. The van der Waals surface area contributed by atoms with Gasteiger partial charge in [-0.2, -0.15) is 0 Å². The molecule has 1 rings (SSSR count). The van der Waals surface area contributed by atoms with E-state index in [9.17, 15) is 0 Å². The normalized spacial score (nSPS) is 14.1. The van der Waals surface area contributed by atoms with Crippen LogP contribution in [0, 0.1) is 0 Å². The molecule has 0 bridgehead atoms. The minimum absolute atomic E-state index is 0.641. The van der Waals surface area contributed by atoms with Crippen LogP contribution in [0.5, 0.6) is 0 Å². The van der Waals surface area contributed by atoms with Crippen molar-refractivity contribution in [2.75, 3.05) is 6.61 Å². The molecule has 0 aliphatic rings. The zero-order valence-corrected chi connectivity index (χ0v) is 13.4. The van der Waals surface area contributed by atoms with Gasteiger partial charge in [-0.05, 0) is 36.2 Å². The van der Waals surface area contributed by atoms with Crippen molar-refractivity contribution in [1.82, 2.24) is 0 Å². The van der Waals surface area contributed by atoms with Crippen molar-refractivity contribution in [2.24, 2.45) is 0 Å². The highest BCUT2D eigenvalue weighted by molar-refractivity contribution is 6.67. The maximum absolute atomic E-state index is 6.23. The second-order valence-corrected chi connectivity index (χ2v) is 8.29. The molecule has 0 fully saturated rings. The third-order valence-electron chi connectivity index (χ3n) is 3.27. The van der Waals surface area contributed by atoms with E-state index < -0.39 is 8.56 Å². The largest absolute Gasteiger partial charge is 0.394 e. The number of rotatable bonds is 9. The van der Waals surface area contributed by atoms with E-state index in [4.69, 9.17) is 8.85 Å². The SMILES string of the molecule is C=Cc1cccc(CO[Si](CC)(CCC)OCC)c1. The summed E-state index contributed by atoms with van der Waals surface area (Å²) in [5, 5.41) is 0. The molecule has 0 saturated heterocycles. The molecule has 106 valence electrons. The molecule has 0 radical (unpaired) electrons. The van der Waals surface area contributed by atoms with Gasteiger partial charge in [0.1, 0.15) is 0 Å². The van der Waals surface area contributed by atoms with E-state index in [0.29, 0.717) is 6.61 Å². The molecule has 0 aliphatic carbocycles. The van der Waals surface area contributed by atoms with Crippen LogP contribution < -0.4 is 0 Å². The van der Waals surface area contributed by atoms with Gasteiger partial charge in [-0.3, -0.25) is 0 Å². The van der Waals surface area contributed by atoms with Crippen LogP contribution in [-0.4, -0.2) is 15.2 Å². The second kappa shape index (κ2) is 8.30. The van der Waals surface area contributed by atoms with Crippen molar-refractivity contribution in [3.05, 3.63) is 42.0 Å². The van der Waals surface area contributed by atoms with Gasteiger partial charge in [0.2, 0.25) is 0 Å². The van der Waals surface area contributed by atoms with Gasteiger partial charge in [0.25, 0.3) is 0 Å². The first kappa shape index (κ1) is 16.2. The fourth-order valence-electron chi connectivity index (χ4n) is 2.24. The average Bonchev–Trinajstić information content (AvgIpc) is 2.45. The van der Waals surface area contributed by atoms with Crippen LogP contribution in [-0.2, 0) is 15.5 Å². The van der Waals surface area contributed by atoms with Crippen LogP contribution in [0.4, 0.5) is 0 Å². The van der Waals surface area contributed by atoms with E-state index in [2.05, 4.69) is 45.5 Å². The van der Waals surface area contributed by atoms with Gasteiger partial charge in [0, 0.05) is 6.61 Å². The fourth-order valence-corrected chi connectivity index (χ4v) is 5.09. The standard InChI is InChI=1S/C16H26O2Si/c1-5-12-19(8-4,17-7-3)18-14-16-11-9-10-15(6-2)13-16/h6,9-11,13H,2,5,7-8,12,14H2,1,3-4H3. The van der Waals surface area contributed by atoms with E-state index in [1.807, 2.05) is 12.1 Å². The van der Waals surface area contributed by atoms with Crippen LogP contribution in [0.2, 0.25) is 12.1 Å². The Morgan fingerprint density at radius 2 is 2.00 bits per heavy atom.